The lowest BCUT2D eigenvalue weighted by atomic mass is 9.96. The maximum atomic E-state index is 13.0. The maximum Gasteiger partial charge on any atom is 0.244 e. The number of aryl methyl sites for hydroxylation is 1. The van der Waals surface area contributed by atoms with Crippen molar-refractivity contribution in [1.82, 2.24) is 13.8 Å². The molecule has 3 rings (SSSR count). The van der Waals surface area contributed by atoms with Crippen molar-refractivity contribution >= 4 is 38.9 Å². The molecule has 28 heavy (non-hydrogen) atoms. The van der Waals surface area contributed by atoms with Gasteiger partial charge in [0.15, 0.2) is 0 Å². The minimum Gasteiger partial charge on any atom is -0.356 e. The molecular weight excluding hydrogens is 418 g/mol. The van der Waals surface area contributed by atoms with Crippen LogP contribution in [-0.4, -0.2) is 47.7 Å². The molecule has 1 aliphatic rings. The second-order valence-corrected chi connectivity index (χ2v) is 10.6. The van der Waals surface area contributed by atoms with E-state index < -0.39 is 10.0 Å². The number of amides is 1. The third-order valence-corrected chi connectivity index (χ3v) is 7.98. The highest BCUT2D eigenvalue weighted by atomic mass is 35.5. The summed E-state index contributed by atoms with van der Waals surface area (Å²) in [6, 6.07) is 5.35. The third-order valence-electron chi connectivity index (χ3n) is 4.88. The quantitative estimate of drug-likeness (QED) is 0.619. The van der Waals surface area contributed by atoms with Gasteiger partial charge in [0.2, 0.25) is 15.9 Å². The molecule has 0 atom stereocenters. The molecule has 1 aliphatic heterocycles. The van der Waals surface area contributed by atoms with Gasteiger partial charge < -0.3 is 9.47 Å². The highest BCUT2D eigenvalue weighted by Crippen LogP contribution is 2.27. The van der Waals surface area contributed by atoms with Gasteiger partial charge in [-0.1, -0.05) is 17.7 Å². The first kappa shape index (κ1) is 21.1. The van der Waals surface area contributed by atoms with Gasteiger partial charge in [0.1, 0.15) is 0 Å². The van der Waals surface area contributed by atoms with E-state index in [1.54, 1.807) is 41.1 Å². The minimum absolute atomic E-state index is 0.0428. The van der Waals surface area contributed by atoms with Crippen molar-refractivity contribution < 1.29 is 13.2 Å². The number of halogens is 1. The lowest BCUT2D eigenvalue weighted by Gasteiger charge is -2.33. The Bertz CT molecular complexity index is 943. The highest BCUT2D eigenvalue weighted by Gasteiger charge is 2.34. The zero-order valence-corrected chi connectivity index (χ0v) is 18.1. The molecule has 9 heteroatoms. The molecule has 0 N–H and O–H groups in total. The van der Waals surface area contributed by atoms with Crippen LogP contribution in [0, 0.1) is 5.92 Å². The number of aromatic nitrogens is 1. The van der Waals surface area contributed by atoms with E-state index >= 15 is 0 Å². The summed E-state index contributed by atoms with van der Waals surface area (Å²) in [5.41, 5.74) is 0. The Hall–Kier alpha value is -1.61. The molecule has 0 unspecified atom stereocenters. The van der Waals surface area contributed by atoms with Gasteiger partial charge in [-0.2, -0.15) is 4.31 Å². The van der Waals surface area contributed by atoms with Crippen molar-refractivity contribution in [2.24, 2.45) is 13.0 Å². The molecule has 0 aliphatic carbocycles. The van der Waals surface area contributed by atoms with E-state index in [0.29, 0.717) is 48.3 Å². The number of thiophene rings is 1. The van der Waals surface area contributed by atoms with E-state index in [2.05, 4.69) is 6.58 Å². The van der Waals surface area contributed by atoms with Gasteiger partial charge in [-0.15, -0.1) is 17.9 Å². The summed E-state index contributed by atoms with van der Waals surface area (Å²) in [6.45, 7) is 5.39. The fraction of sp³-hybridized carbons (Fsp3) is 0.421. The Balaban J connectivity index is 1.63. The van der Waals surface area contributed by atoms with E-state index in [9.17, 15) is 13.2 Å². The third kappa shape index (κ3) is 4.68. The normalized spacial score (nSPS) is 16.2. The number of hydrogen-bond donors (Lipinski definition) is 0. The molecule has 0 aromatic carbocycles. The van der Waals surface area contributed by atoms with Crippen LogP contribution >= 0.6 is 22.9 Å². The number of rotatable bonds is 7. The van der Waals surface area contributed by atoms with Gasteiger partial charge in [0, 0.05) is 49.9 Å². The molecule has 1 saturated heterocycles. The zero-order chi connectivity index (χ0) is 20.3. The standard InChI is InChI=1S/C19H24ClN3O3S2/c1-3-9-22(13-16-4-5-18(20)27-16)19(24)15-6-11-23(12-7-15)28(25,26)17-8-10-21(2)14-17/h3-5,8,10,14-15H,1,6-7,9,11-13H2,2H3. The molecule has 2 aromatic heterocycles. The van der Waals surface area contributed by atoms with E-state index in [0.717, 1.165) is 4.88 Å². The summed E-state index contributed by atoms with van der Waals surface area (Å²) >= 11 is 7.45. The molecule has 0 saturated carbocycles. The molecule has 1 fully saturated rings. The van der Waals surface area contributed by atoms with Gasteiger partial charge >= 0.3 is 0 Å². The molecular formula is C19H24ClN3O3S2. The first-order chi connectivity index (χ1) is 13.3. The van der Waals surface area contributed by atoms with Crippen molar-refractivity contribution in [2.45, 2.75) is 24.3 Å². The van der Waals surface area contributed by atoms with Gasteiger partial charge in [-0.3, -0.25) is 4.79 Å². The van der Waals surface area contributed by atoms with Crippen molar-refractivity contribution in [3.05, 3.63) is 52.5 Å². The number of piperidine rings is 1. The average Bonchev–Trinajstić information content (AvgIpc) is 3.29. The van der Waals surface area contributed by atoms with Crippen LogP contribution in [0.5, 0.6) is 0 Å². The van der Waals surface area contributed by atoms with E-state index in [1.165, 1.54) is 15.6 Å². The molecule has 6 nitrogen and oxygen atoms in total. The van der Waals surface area contributed by atoms with Crippen LogP contribution in [0.4, 0.5) is 0 Å². The van der Waals surface area contributed by atoms with Gasteiger partial charge in [0.05, 0.1) is 15.8 Å². The van der Waals surface area contributed by atoms with Crippen molar-refractivity contribution in [3.63, 3.8) is 0 Å². The minimum atomic E-state index is -3.51. The van der Waals surface area contributed by atoms with Crippen molar-refractivity contribution in [3.8, 4) is 0 Å². The maximum absolute atomic E-state index is 13.0. The van der Waals surface area contributed by atoms with Gasteiger partial charge in [-0.25, -0.2) is 8.42 Å². The number of carbonyl (C=O) groups excluding carboxylic acids is 1. The summed E-state index contributed by atoms with van der Waals surface area (Å²) in [5, 5.41) is 0. The second-order valence-electron chi connectivity index (χ2n) is 6.90. The predicted molar refractivity (Wildman–Crippen MR) is 112 cm³/mol. The predicted octanol–water partition coefficient (Wildman–Crippen LogP) is 3.36. The summed E-state index contributed by atoms with van der Waals surface area (Å²) in [5.74, 6) is -0.140. The Morgan fingerprint density at radius 3 is 2.61 bits per heavy atom. The van der Waals surface area contributed by atoms with Crippen LogP contribution in [0.3, 0.4) is 0 Å². The SMILES string of the molecule is C=CCN(Cc1ccc(Cl)s1)C(=O)C1CCN(S(=O)(=O)c2ccn(C)c2)CC1. The topological polar surface area (TPSA) is 62.6 Å². The summed E-state index contributed by atoms with van der Waals surface area (Å²) < 4.78 is 29.4. The van der Waals surface area contributed by atoms with Crippen LogP contribution in [0.25, 0.3) is 0 Å². The first-order valence-corrected chi connectivity index (χ1v) is 11.7. The van der Waals surface area contributed by atoms with Crippen LogP contribution in [-0.2, 0) is 28.4 Å². The Labute approximate surface area is 175 Å². The van der Waals surface area contributed by atoms with E-state index in [1.807, 2.05) is 12.1 Å². The molecule has 1 amide bonds. The molecule has 3 heterocycles. The summed E-state index contributed by atoms with van der Waals surface area (Å²) in [7, 11) is -1.72. The molecule has 152 valence electrons. The van der Waals surface area contributed by atoms with Crippen LogP contribution < -0.4 is 0 Å². The van der Waals surface area contributed by atoms with E-state index in [-0.39, 0.29) is 11.8 Å². The van der Waals surface area contributed by atoms with Crippen LogP contribution in [0.15, 0.2) is 48.1 Å². The highest BCUT2D eigenvalue weighted by molar-refractivity contribution is 7.89. The lowest BCUT2D eigenvalue weighted by molar-refractivity contribution is -0.136. The number of sulfonamides is 1. The average molecular weight is 442 g/mol. The fourth-order valence-electron chi connectivity index (χ4n) is 3.39. The second kappa shape index (κ2) is 8.82. The Morgan fingerprint density at radius 1 is 1.36 bits per heavy atom. The van der Waals surface area contributed by atoms with Crippen molar-refractivity contribution in [1.29, 1.82) is 0 Å². The fourth-order valence-corrected chi connectivity index (χ4v) is 6.02. The first-order valence-electron chi connectivity index (χ1n) is 9.07. The van der Waals surface area contributed by atoms with Crippen LogP contribution in [0.1, 0.15) is 17.7 Å². The molecule has 0 radical (unpaired) electrons. The Morgan fingerprint density at radius 2 is 2.07 bits per heavy atom. The number of hydrogen-bond acceptors (Lipinski definition) is 4. The Kier molecular flexibility index (Phi) is 6.65. The molecule has 0 bridgehead atoms. The van der Waals surface area contributed by atoms with E-state index in [4.69, 9.17) is 11.6 Å². The summed E-state index contributed by atoms with van der Waals surface area (Å²) in [6.07, 6.45) is 6.06. The summed E-state index contributed by atoms with van der Waals surface area (Å²) in [4.78, 5) is 16.1. The van der Waals surface area contributed by atoms with Crippen molar-refractivity contribution in [2.75, 3.05) is 19.6 Å². The van der Waals surface area contributed by atoms with Crippen LogP contribution in [0.2, 0.25) is 4.34 Å². The van der Waals surface area contributed by atoms with Gasteiger partial charge in [-0.05, 0) is 31.0 Å². The molecule has 0 spiro atoms. The zero-order valence-electron chi connectivity index (χ0n) is 15.8. The number of nitrogens with zero attached hydrogens (tertiary/aromatic N) is 3. The smallest absolute Gasteiger partial charge is 0.244 e. The van der Waals surface area contributed by atoms with Gasteiger partial charge in [0.25, 0.3) is 0 Å². The monoisotopic (exact) mass is 441 g/mol. The number of carbonyl (C=O) groups is 1. The molecule has 2 aromatic rings. The largest absolute Gasteiger partial charge is 0.356 e. The lowest BCUT2D eigenvalue weighted by Crippen LogP contribution is -2.44.